The van der Waals surface area contributed by atoms with Crippen LogP contribution in [0.2, 0.25) is 0 Å². The number of allylic oxidation sites excluding steroid dienone is 2. The summed E-state index contributed by atoms with van der Waals surface area (Å²) in [5, 5.41) is 13.2. The molecule has 0 fully saturated rings. The molecule has 0 spiro atoms. The van der Waals surface area contributed by atoms with Crippen LogP contribution in [0.1, 0.15) is 63.2 Å². The number of aromatic nitrogens is 1. The summed E-state index contributed by atoms with van der Waals surface area (Å²) in [5.41, 5.74) is 9.97. The third kappa shape index (κ3) is 6.07. The lowest BCUT2D eigenvalue weighted by Crippen LogP contribution is -2.24. The maximum absolute atomic E-state index is 11.8. The second-order valence-corrected chi connectivity index (χ2v) is 12.9. The molecule has 4 rings (SSSR count). The van der Waals surface area contributed by atoms with Crippen molar-refractivity contribution in [2.45, 2.75) is 52.4 Å². The van der Waals surface area contributed by atoms with Gasteiger partial charge in [0.1, 0.15) is 11.4 Å². The van der Waals surface area contributed by atoms with Gasteiger partial charge >= 0.3 is 0 Å². The molecule has 1 aliphatic heterocycles. The zero-order chi connectivity index (χ0) is 27.1. The van der Waals surface area contributed by atoms with Gasteiger partial charge < -0.3 is 20.3 Å². The van der Waals surface area contributed by atoms with Crippen LogP contribution in [0.5, 0.6) is 5.75 Å². The van der Waals surface area contributed by atoms with Gasteiger partial charge in [-0.1, -0.05) is 58.3 Å². The second kappa shape index (κ2) is 11.1. The predicted molar refractivity (Wildman–Crippen MR) is 170 cm³/mol. The van der Waals surface area contributed by atoms with Gasteiger partial charge in [-0.3, -0.25) is 9.57 Å². The Balaban J connectivity index is 0.00000400. The number of hydrogen-bond donors (Lipinski definition) is 3. The second-order valence-electron chi connectivity index (χ2n) is 11.4. The molecular weight excluding hydrogens is 607 g/mol. The number of amides is 1. The lowest BCUT2D eigenvalue weighted by Gasteiger charge is -2.32. The van der Waals surface area contributed by atoms with Gasteiger partial charge in [-0.2, -0.15) is 0 Å². The van der Waals surface area contributed by atoms with E-state index in [9.17, 15) is 9.90 Å². The molecule has 0 saturated carbocycles. The minimum absolute atomic E-state index is 0. The van der Waals surface area contributed by atoms with Crippen LogP contribution in [0.15, 0.2) is 77.2 Å². The highest BCUT2D eigenvalue weighted by Crippen LogP contribution is 2.43. The lowest BCUT2D eigenvalue weighted by atomic mass is 9.79. The fraction of sp³-hybridized carbons (Fsp3) is 0.300. The van der Waals surface area contributed by atoms with Gasteiger partial charge in [0, 0.05) is 39.3 Å². The van der Waals surface area contributed by atoms with E-state index in [0.717, 1.165) is 33.1 Å². The number of aromatic hydroxyl groups is 1. The van der Waals surface area contributed by atoms with Crippen molar-refractivity contribution in [3.63, 3.8) is 0 Å². The first-order valence-electron chi connectivity index (χ1n) is 12.3. The van der Waals surface area contributed by atoms with Gasteiger partial charge in [0.25, 0.3) is 5.91 Å². The van der Waals surface area contributed by atoms with Gasteiger partial charge in [0.05, 0.1) is 6.54 Å². The molecule has 3 aromatic rings. The van der Waals surface area contributed by atoms with Gasteiger partial charge in [0.15, 0.2) is 0 Å². The molecule has 1 amide bonds. The minimum Gasteiger partial charge on any atom is -0.507 e. The van der Waals surface area contributed by atoms with Crippen molar-refractivity contribution < 1.29 is 9.90 Å². The Morgan fingerprint density at radius 3 is 2.05 bits per heavy atom. The van der Waals surface area contributed by atoms with Crippen LogP contribution in [0.4, 0.5) is 11.4 Å². The van der Waals surface area contributed by atoms with E-state index in [1.807, 2.05) is 48.0 Å². The third-order valence-electron chi connectivity index (χ3n) is 6.56. The van der Waals surface area contributed by atoms with Crippen LogP contribution in [0.25, 0.3) is 5.69 Å². The van der Waals surface area contributed by atoms with Crippen LogP contribution in [-0.4, -0.2) is 22.1 Å². The van der Waals surface area contributed by atoms with E-state index in [2.05, 4.69) is 58.6 Å². The number of carbonyl (C=O) groups excluding carboxylic acids is 1. The molecule has 1 aromatic heterocycles. The molecule has 202 valence electrons. The highest BCUT2D eigenvalue weighted by Gasteiger charge is 2.28. The number of nitrogens with two attached hydrogens (primary N) is 1. The van der Waals surface area contributed by atoms with E-state index in [1.54, 1.807) is 16.7 Å². The Labute approximate surface area is 245 Å². The Morgan fingerprint density at radius 1 is 1.00 bits per heavy atom. The first-order chi connectivity index (χ1) is 17.3. The van der Waals surface area contributed by atoms with Gasteiger partial charge in [0.2, 0.25) is 0 Å². The molecule has 2 aromatic carbocycles. The smallest absolute Gasteiger partial charge is 0.265 e. The van der Waals surface area contributed by atoms with Crippen molar-refractivity contribution in [2.24, 2.45) is 5.73 Å². The molecule has 1 unspecified atom stereocenters. The van der Waals surface area contributed by atoms with Crippen molar-refractivity contribution in [1.82, 2.24) is 4.57 Å². The molecule has 38 heavy (non-hydrogen) atoms. The molecule has 0 aliphatic carbocycles. The number of benzene rings is 2. The first kappa shape index (κ1) is 29.7. The van der Waals surface area contributed by atoms with Crippen molar-refractivity contribution in [3.8, 4) is 11.4 Å². The summed E-state index contributed by atoms with van der Waals surface area (Å²) < 4.78 is 10.3. The Bertz CT molecular complexity index is 1390. The van der Waals surface area contributed by atoms with Crippen molar-refractivity contribution in [2.75, 3.05) is 11.4 Å². The van der Waals surface area contributed by atoms with Crippen LogP contribution >= 0.6 is 24.0 Å². The van der Waals surface area contributed by atoms with E-state index in [4.69, 9.17) is 10.5 Å². The van der Waals surface area contributed by atoms with E-state index in [1.165, 1.54) is 0 Å². The standard InChI is InChI=1S/C30H36N4O2S.HI/c1-29(2,3)24-17-22(18-25(27(24)35)30(4,5)6)34(19-23-9-8-16-37(23)32)21-13-11-20(12-14-21)33-15-7-10-26(33)28(31)36;/h7-18,32,35H,19H2,1-6H3,(H2,31,36);1H. The molecule has 1 atom stereocenters. The van der Waals surface area contributed by atoms with Crippen LogP contribution in [0.3, 0.4) is 0 Å². The van der Waals surface area contributed by atoms with Gasteiger partial charge in [-0.15, -0.1) is 24.0 Å². The number of halogens is 1. The summed E-state index contributed by atoms with van der Waals surface area (Å²) in [6, 6.07) is 15.6. The Hall–Kier alpha value is -2.85. The van der Waals surface area contributed by atoms with Crippen LogP contribution in [-0.2, 0) is 21.5 Å². The number of anilines is 2. The van der Waals surface area contributed by atoms with Crippen LogP contribution < -0.4 is 10.6 Å². The minimum atomic E-state index is -0.681. The fourth-order valence-electron chi connectivity index (χ4n) is 4.51. The lowest BCUT2D eigenvalue weighted by molar-refractivity contribution is 0.0994. The maximum atomic E-state index is 11.8. The molecular formula is C30H37IN4O2S. The number of phenolic OH excluding ortho intramolecular Hbond substituents is 1. The topological polar surface area (TPSA) is 95.3 Å². The fourth-order valence-corrected chi connectivity index (χ4v) is 5.42. The van der Waals surface area contributed by atoms with Crippen molar-refractivity contribution >= 4 is 51.9 Å². The van der Waals surface area contributed by atoms with E-state index >= 15 is 0 Å². The van der Waals surface area contributed by atoms with E-state index in [0.29, 0.717) is 18.0 Å². The molecule has 6 nitrogen and oxygen atoms in total. The average Bonchev–Trinajstić information content (AvgIpc) is 3.46. The Morgan fingerprint density at radius 2 is 1.58 bits per heavy atom. The number of hydrogen-bond acceptors (Lipinski definition) is 4. The average molecular weight is 645 g/mol. The summed E-state index contributed by atoms with van der Waals surface area (Å²) in [6.07, 6.45) is 5.78. The number of nitrogens with zero attached hydrogens (tertiary/aromatic N) is 2. The number of carbonyl (C=O) groups is 1. The van der Waals surface area contributed by atoms with E-state index < -0.39 is 16.6 Å². The summed E-state index contributed by atoms with van der Waals surface area (Å²) >= 11 is 0. The highest BCUT2D eigenvalue weighted by molar-refractivity contribution is 14.0. The zero-order valence-corrected chi connectivity index (χ0v) is 25.9. The third-order valence-corrected chi connectivity index (χ3v) is 7.82. The predicted octanol–water partition coefficient (Wildman–Crippen LogP) is 7.42. The molecule has 1 aliphatic rings. The number of primary amides is 1. The Kier molecular flexibility index (Phi) is 8.67. The molecule has 8 heteroatoms. The number of phenols is 1. The van der Waals surface area contributed by atoms with Gasteiger partial charge in [-0.05, 0) is 70.8 Å². The molecule has 0 saturated heterocycles. The number of nitrogens with one attached hydrogen (secondary N) is 1. The summed E-state index contributed by atoms with van der Waals surface area (Å²) in [7, 11) is -0.681. The molecule has 0 bridgehead atoms. The monoisotopic (exact) mass is 644 g/mol. The number of rotatable bonds is 6. The molecule has 2 heterocycles. The maximum Gasteiger partial charge on any atom is 0.265 e. The van der Waals surface area contributed by atoms with Crippen molar-refractivity contribution in [3.05, 3.63) is 94.0 Å². The van der Waals surface area contributed by atoms with Crippen LogP contribution in [0, 0.1) is 4.78 Å². The summed E-state index contributed by atoms with van der Waals surface area (Å²) in [6.45, 7) is 13.2. The SMILES string of the molecule is CC(C)(C)c1cc(N(CC2=CC=CS2=N)c2ccc(-n3cccc3C(N)=O)cc2)cc(C(C)(C)C)c1O.I. The highest BCUT2D eigenvalue weighted by atomic mass is 127. The van der Waals surface area contributed by atoms with Gasteiger partial charge in [-0.25, -0.2) is 0 Å². The molecule has 0 radical (unpaired) electrons. The quantitative estimate of drug-likeness (QED) is 0.244. The van der Waals surface area contributed by atoms with Crippen molar-refractivity contribution in [1.29, 1.82) is 4.78 Å². The summed E-state index contributed by atoms with van der Waals surface area (Å²) in [4.78, 5) is 15.1. The first-order valence-corrected chi connectivity index (χ1v) is 13.6. The largest absolute Gasteiger partial charge is 0.507 e. The van der Waals surface area contributed by atoms with E-state index in [-0.39, 0.29) is 34.8 Å². The summed E-state index contributed by atoms with van der Waals surface area (Å²) in [5.74, 6) is -0.139. The molecule has 4 N–H and O–H groups in total. The zero-order valence-electron chi connectivity index (χ0n) is 22.8. The normalized spacial score (nSPS) is 15.2.